The van der Waals surface area contributed by atoms with Crippen LogP contribution in [0.1, 0.15) is 35.4 Å². The number of carbonyl (C=O) groups excluding carboxylic acids is 1. The summed E-state index contributed by atoms with van der Waals surface area (Å²) in [4.78, 5) is 26.4. The zero-order valence-corrected chi connectivity index (χ0v) is 11.7. The summed E-state index contributed by atoms with van der Waals surface area (Å²) in [7, 11) is 0. The van der Waals surface area contributed by atoms with Gasteiger partial charge in [-0.2, -0.15) is 4.98 Å². The van der Waals surface area contributed by atoms with Crippen molar-refractivity contribution in [1.29, 1.82) is 0 Å². The number of H-pyrrole nitrogens is 2. The van der Waals surface area contributed by atoms with Crippen molar-refractivity contribution in [3.05, 3.63) is 52.2 Å². The van der Waals surface area contributed by atoms with E-state index in [-0.39, 0.29) is 17.1 Å². The first-order chi connectivity index (χ1) is 10.2. The van der Waals surface area contributed by atoms with E-state index < -0.39 is 5.69 Å². The van der Waals surface area contributed by atoms with E-state index in [9.17, 15) is 9.59 Å². The van der Waals surface area contributed by atoms with E-state index in [1.165, 1.54) is 12.0 Å². The Morgan fingerprint density at radius 3 is 2.57 bits per heavy atom. The molecule has 1 amide bonds. The number of amides is 1. The number of nitrogens with zero attached hydrogens (tertiary/aromatic N) is 1. The third kappa shape index (κ3) is 3.04. The van der Waals surface area contributed by atoms with Crippen LogP contribution in [0.25, 0.3) is 0 Å². The van der Waals surface area contributed by atoms with Crippen molar-refractivity contribution in [2.75, 3.05) is 6.54 Å². The Bertz CT molecular complexity index is 670. The average Bonchev–Trinajstić information content (AvgIpc) is 2.89. The molecule has 0 bridgehead atoms. The molecule has 1 fully saturated rings. The van der Waals surface area contributed by atoms with E-state index >= 15 is 0 Å². The first-order valence-corrected chi connectivity index (χ1v) is 7.14. The largest absolute Gasteiger partial charge is 0.361 e. The Hall–Kier alpha value is -2.37. The fraction of sp³-hybridized carbons (Fsp3) is 0.400. The van der Waals surface area contributed by atoms with Gasteiger partial charge in [-0.15, -0.1) is 0 Å². The lowest BCUT2D eigenvalue weighted by Crippen LogP contribution is -2.43. The van der Waals surface area contributed by atoms with Crippen molar-refractivity contribution in [3.63, 3.8) is 0 Å². The van der Waals surface area contributed by atoms with Gasteiger partial charge in [-0.05, 0) is 30.2 Å². The van der Waals surface area contributed by atoms with E-state index in [1.54, 1.807) is 0 Å². The molecule has 1 aliphatic carbocycles. The Morgan fingerprint density at radius 1 is 1.24 bits per heavy atom. The summed E-state index contributed by atoms with van der Waals surface area (Å²) in [6.45, 7) is 0.607. The Kier molecular flexibility index (Phi) is 3.60. The summed E-state index contributed by atoms with van der Waals surface area (Å²) >= 11 is 0. The molecule has 6 nitrogen and oxygen atoms in total. The number of carbonyl (C=O) groups is 1. The van der Waals surface area contributed by atoms with E-state index in [4.69, 9.17) is 0 Å². The van der Waals surface area contributed by atoms with Crippen molar-refractivity contribution in [2.24, 2.45) is 5.41 Å². The second-order valence-corrected chi connectivity index (χ2v) is 5.71. The highest BCUT2D eigenvalue weighted by Crippen LogP contribution is 2.43. The number of benzene rings is 1. The molecule has 1 aromatic carbocycles. The maximum Gasteiger partial charge on any atom is 0.361 e. The lowest BCUT2D eigenvalue weighted by atomic mass is 9.65. The Morgan fingerprint density at radius 2 is 2.00 bits per heavy atom. The summed E-state index contributed by atoms with van der Waals surface area (Å²) in [6.07, 6.45) is 4.38. The minimum absolute atomic E-state index is 0.0363. The Balaban J connectivity index is 1.62. The van der Waals surface area contributed by atoms with Gasteiger partial charge in [0, 0.05) is 6.54 Å². The predicted molar refractivity (Wildman–Crippen MR) is 78.0 cm³/mol. The summed E-state index contributed by atoms with van der Waals surface area (Å²) in [5, 5.41) is 7.61. The number of aromatic amines is 2. The van der Waals surface area contributed by atoms with Crippen LogP contribution in [0.5, 0.6) is 0 Å². The van der Waals surface area contributed by atoms with Gasteiger partial charge in [-0.25, -0.2) is 9.89 Å². The minimum atomic E-state index is -0.539. The molecule has 1 saturated carbocycles. The lowest BCUT2D eigenvalue weighted by Gasteiger charge is -2.42. The zero-order valence-electron chi connectivity index (χ0n) is 11.7. The number of rotatable bonds is 5. The molecule has 0 atom stereocenters. The van der Waals surface area contributed by atoms with Crippen molar-refractivity contribution in [1.82, 2.24) is 20.5 Å². The van der Waals surface area contributed by atoms with Crippen LogP contribution in [0.15, 0.2) is 35.1 Å². The molecule has 110 valence electrons. The molecule has 3 rings (SSSR count). The van der Waals surface area contributed by atoms with Gasteiger partial charge < -0.3 is 5.32 Å². The SMILES string of the molecule is O=C(NCC1(Cc2ccccc2)CCC1)c1nc(=O)[nH][nH]1. The van der Waals surface area contributed by atoms with Crippen LogP contribution in [-0.2, 0) is 6.42 Å². The molecule has 1 heterocycles. The molecule has 0 unspecified atom stereocenters. The first-order valence-electron chi connectivity index (χ1n) is 7.14. The van der Waals surface area contributed by atoms with Gasteiger partial charge in [0.2, 0.25) is 5.82 Å². The summed E-state index contributed by atoms with van der Waals surface area (Å²) in [5.74, 6) is -0.304. The van der Waals surface area contributed by atoms with Crippen LogP contribution in [-0.4, -0.2) is 27.6 Å². The quantitative estimate of drug-likeness (QED) is 0.772. The van der Waals surface area contributed by atoms with Crippen LogP contribution >= 0.6 is 0 Å². The summed E-state index contributed by atoms with van der Waals surface area (Å²) in [6, 6.07) is 10.3. The van der Waals surface area contributed by atoms with Crippen LogP contribution in [0.2, 0.25) is 0 Å². The van der Waals surface area contributed by atoms with E-state index in [0.717, 1.165) is 19.3 Å². The lowest BCUT2D eigenvalue weighted by molar-refractivity contribution is 0.0850. The fourth-order valence-electron chi connectivity index (χ4n) is 2.85. The highest BCUT2D eigenvalue weighted by Gasteiger charge is 2.37. The van der Waals surface area contributed by atoms with Crippen LogP contribution < -0.4 is 11.0 Å². The zero-order chi connectivity index (χ0) is 14.7. The molecule has 0 saturated heterocycles. The maximum atomic E-state index is 11.9. The van der Waals surface area contributed by atoms with Crippen LogP contribution in [0, 0.1) is 5.41 Å². The molecule has 2 aromatic rings. The number of hydrogen-bond acceptors (Lipinski definition) is 3. The van der Waals surface area contributed by atoms with E-state index in [1.807, 2.05) is 18.2 Å². The molecular formula is C15H18N4O2. The van der Waals surface area contributed by atoms with Crippen molar-refractivity contribution < 1.29 is 4.79 Å². The molecule has 21 heavy (non-hydrogen) atoms. The molecule has 1 aliphatic rings. The van der Waals surface area contributed by atoms with Gasteiger partial charge in [0.25, 0.3) is 5.91 Å². The third-order valence-electron chi connectivity index (χ3n) is 4.18. The minimum Gasteiger partial charge on any atom is -0.349 e. The van der Waals surface area contributed by atoms with Crippen molar-refractivity contribution >= 4 is 5.91 Å². The molecule has 0 radical (unpaired) electrons. The van der Waals surface area contributed by atoms with Crippen molar-refractivity contribution in [3.8, 4) is 0 Å². The van der Waals surface area contributed by atoms with Gasteiger partial charge >= 0.3 is 5.69 Å². The molecule has 6 heteroatoms. The molecule has 0 aliphatic heterocycles. The smallest absolute Gasteiger partial charge is 0.349 e. The average molecular weight is 286 g/mol. The third-order valence-corrected chi connectivity index (χ3v) is 4.18. The number of nitrogens with one attached hydrogen (secondary N) is 3. The summed E-state index contributed by atoms with van der Waals surface area (Å²) in [5.41, 5.74) is 0.885. The highest BCUT2D eigenvalue weighted by molar-refractivity contribution is 5.90. The Labute approximate surface area is 122 Å². The second kappa shape index (κ2) is 5.55. The van der Waals surface area contributed by atoms with Gasteiger partial charge in [0.05, 0.1) is 0 Å². The molecule has 0 spiro atoms. The fourth-order valence-corrected chi connectivity index (χ4v) is 2.85. The monoisotopic (exact) mass is 286 g/mol. The first kappa shape index (κ1) is 13.6. The van der Waals surface area contributed by atoms with Gasteiger partial charge in [-0.3, -0.25) is 9.89 Å². The second-order valence-electron chi connectivity index (χ2n) is 5.71. The van der Waals surface area contributed by atoms with Gasteiger partial charge in [0.1, 0.15) is 0 Å². The maximum absolute atomic E-state index is 11.9. The van der Waals surface area contributed by atoms with Crippen LogP contribution in [0.3, 0.4) is 0 Å². The van der Waals surface area contributed by atoms with Gasteiger partial charge in [-0.1, -0.05) is 36.8 Å². The van der Waals surface area contributed by atoms with E-state index in [2.05, 4.69) is 32.6 Å². The highest BCUT2D eigenvalue weighted by atomic mass is 16.2. The topological polar surface area (TPSA) is 90.6 Å². The van der Waals surface area contributed by atoms with Crippen LogP contribution in [0.4, 0.5) is 0 Å². The molecular weight excluding hydrogens is 268 g/mol. The number of aromatic nitrogens is 3. The summed E-state index contributed by atoms with van der Waals surface area (Å²) < 4.78 is 0. The van der Waals surface area contributed by atoms with Crippen molar-refractivity contribution in [2.45, 2.75) is 25.7 Å². The predicted octanol–water partition coefficient (Wildman–Crippen LogP) is 1.24. The molecule has 3 N–H and O–H groups in total. The normalized spacial score (nSPS) is 16.2. The van der Waals surface area contributed by atoms with Gasteiger partial charge in [0.15, 0.2) is 0 Å². The number of hydrogen-bond donors (Lipinski definition) is 3. The standard InChI is InChI=1S/C15H18N4O2/c20-13(12-17-14(21)19-18-12)16-10-15(7-4-8-15)9-11-5-2-1-3-6-11/h1-3,5-6H,4,7-10H2,(H,16,20)(H2,17,18,19,21). The van der Waals surface area contributed by atoms with E-state index in [0.29, 0.717) is 6.54 Å². The molecule has 1 aromatic heterocycles.